The number of rotatable bonds is 7. The van der Waals surface area contributed by atoms with Gasteiger partial charge < -0.3 is 29.5 Å². The van der Waals surface area contributed by atoms with Crippen molar-refractivity contribution in [2.24, 2.45) is 5.92 Å². The molecule has 1 heterocycles. The Kier molecular flexibility index (Phi) is 8.66. The topological polar surface area (TPSA) is 105 Å². The molecule has 2 aliphatic rings. The molecule has 0 saturated carbocycles. The first-order valence-electron chi connectivity index (χ1n) is 12.3. The lowest BCUT2D eigenvalue weighted by atomic mass is 9.70. The third-order valence-corrected chi connectivity index (χ3v) is 7.17. The van der Waals surface area contributed by atoms with E-state index in [2.05, 4.69) is 39.8 Å². The second kappa shape index (κ2) is 11.1. The van der Waals surface area contributed by atoms with Gasteiger partial charge in [-0.05, 0) is 75.3 Å². The molecule has 0 radical (unpaired) electrons. The van der Waals surface area contributed by atoms with Crippen LogP contribution in [0.5, 0.6) is 11.5 Å². The average Bonchev–Trinajstić information content (AvgIpc) is 2.75. The van der Waals surface area contributed by atoms with Crippen molar-refractivity contribution in [2.75, 3.05) is 6.61 Å². The van der Waals surface area contributed by atoms with Crippen molar-refractivity contribution in [3.8, 4) is 11.5 Å². The van der Waals surface area contributed by atoms with E-state index in [0.717, 1.165) is 31.2 Å². The summed E-state index contributed by atoms with van der Waals surface area (Å²) < 4.78 is 16.7. The van der Waals surface area contributed by atoms with E-state index in [1.54, 1.807) is 0 Å². The minimum absolute atomic E-state index is 0.0239. The van der Waals surface area contributed by atoms with Gasteiger partial charge in [0.05, 0.1) is 6.61 Å². The van der Waals surface area contributed by atoms with Crippen LogP contribution in [0.3, 0.4) is 0 Å². The number of phenols is 1. The molecular weight excluding hydrogens is 436 g/mol. The number of aryl methyl sites for hydroxylation is 1. The molecular formula is C27H40O7. The van der Waals surface area contributed by atoms with Crippen molar-refractivity contribution in [1.29, 1.82) is 0 Å². The van der Waals surface area contributed by atoms with Crippen LogP contribution in [-0.4, -0.2) is 52.5 Å². The van der Waals surface area contributed by atoms with Crippen LogP contribution in [0.4, 0.5) is 0 Å². The molecule has 4 unspecified atom stereocenters. The number of aliphatic hydroxyl groups is 2. The lowest BCUT2D eigenvalue weighted by molar-refractivity contribution is -0.248. The maximum Gasteiger partial charge on any atom is 0.303 e. The number of hydrogen-bond acceptors (Lipinski definition) is 7. The normalized spacial score (nSPS) is 29.6. The van der Waals surface area contributed by atoms with Gasteiger partial charge >= 0.3 is 5.97 Å². The lowest BCUT2D eigenvalue weighted by Gasteiger charge is -2.39. The number of fused-ring (bicyclic) bond motifs is 1. The molecule has 3 N–H and O–H groups in total. The van der Waals surface area contributed by atoms with Crippen molar-refractivity contribution in [2.45, 2.75) is 104 Å². The van der Waals surface area contributed by atoms with Crippen molar-refractivity contribution in [3.05, 3.63) is 34.4 Å². The maximum absolute atomic E-state index is 11.3. The zero-order valence-electron chi connectivity index (χ0n) is 21.2. The minimum atomic E-state index is -1.44. The summed E-state index contributed by atoms with van der Waals surface area (Å²) in [6.45, 7) is 11.6. The van der Waals surface area contributed by atoms with E-state index in [0.29, 0.717) is 23.1 Å². The van der Waals surface area contributed by atoms with Crippen LogP contribution >= 0.6 is 0 Å². The van der Waals surface area contributed by atoms with Crippen molar-refractivity contribution in [1.82, 2.24) is 0 Å². The fourth-order valence-electron chi connectivity index (χ4n) is 5.21. The highest BCUT2D eigenvalue weighted by molar-refractivity contribution is 5.66. The van der Waals surface area contributed by atoms with Gasteiger partial charge in [0, 0.05) is 12.5 Å². The van der Waals surface area contributed by atoms with E-state index in [1.165, 1.54) is 18.1 Å². The summed E-state index contributed by atoms with van der Waals surface area (Å²) >= 11 is 0. The summed E-state index contributed by atoms with van der Waals surface area (Å²) in [6.07, 6.45) is 1.46. The SMILES string of the molecule is CC(=O)OC1COC(Oc2c(O)c(C)cc3c2[C@@H](C)CC[C@@H]3[C@@H](C)CCC=C(C)C)C(O)C1O. The molecule has 1 aromatic rings. The molecule has 1 aliphatic carbocycles. The largest absolute Gasteiger partial charge is 0.504 e. The number of aliphatic hydroxyl groups excluding tert-OH is 2. The number of phenolic OH excluding ortho intramolecular Hbond substituents is 1. The van der Waals surface area contributed by atoms with Crippen molar-refractivity contribution in [3.63, 3.8) is 0 Å². The van der Waals surface area contributed by atoms with Crippen LogP contribution in [0, 0.1) is 12.8 Å². The maximum atomic E-state index is 11.3. The predicted molar refractivity (Wildman–Crippen MR) is 129 cm³/mol. The molecule has 0 aromatic heterocycles. The zero-order valence-corrected chi connectivity index (χ0v) is 21.2. The van der Waals surface area contributed by atoms with Gasteiger partial charge in [-0.2, -0.15) is 0 Å². The van der Waals surface area contributed by atoms with Crippen molar-refractivity contribution >= 4 is 5.97 Å². The highest BCUT2D eigenvalue weighted by atomic mass is 16.7. The summed E-state index contributed by atoms with van der Waals surface area (Å²) in [7, 11) is 0. The molecule has 1 saturated heterocycles. The molecule has 0 spiro atoms. The van der Waals surface area contributed by atoms with E-state index in [-0.39, 0.29) is 18.3 Å². The van der Waals surface area contributed by atoms with Crippen LogP contribution in [0.1, 0.15) is 88.8 Å². The number of benzene rings is 1. The van der Waals surface area contributed by atoms with E-state index in [1.807, 2.05) is 6.92 Å². The standard InChI is InChI=1S/C27H40O7/c1-14(2)8-7-9-15(3)19-11-10-16(4)22-20(19)12-17(5)23(29)26(22)34-27-25(31)24(30)21(13-32-27)33-18(6)28/h8,12,15-16,19,21,24-25,27,29-31H,7,9-11,13H2,1-6H3/t15-,16-,19+,21?,24?,25?,27?/m0/s1. The number of aromatic hydroxyl groups is 1. The summed E-state index contributed by atoms with van der Waals surface area (Å²) in [5.41, 5.74) is 4.15. The third kappa shape index (κ3) is 5.75. The van der Waals surface area contributed by atoms with Gasteiger partial charge in [-0.15, -0.1) is 0 Å². The zero-order chi connectivity index (χ0) is 25.2. The Morgan fingerprint density at radius 3 is 2.59 bits per heavy atom. The summed E-state index contributed by atoms with van der Waals surface area (Å²) in [5, 5.41) is 32.0. The van der Waals surface area contributed by atoms with Gasteiger partial charge in [-0.25, -0.2) is 0 Å². The van der Waals surface area contributed by atoms with Crippen molar-refractivity contribution < 1.29 is 34.3 Å². The Bertz CT molecular complexity index is 905. The lowest BCUT2D eigenvalue weighted by Crippen LogP contribution is -2.56. The summed E-state index contributed by atoms with van der Waals surface area (Å²) in [5.74, 6) is 0.734. The summed E-state index contributed by atoms with van der Waals surface area (Å²) in [6, 6.07) is 2.07. The quantitative estimate of drug-likeness (QED) is 0.394. The number of carbonyl (C=O) groups is 1. The molecule has 34 heavy (non-hydrogen) atoms. The summed E-state index contributed by atoms with van der Waals surface area (Å²) in [4.78, 5) is 11.3. The Morgan fingerprint density at radius 1 is 1.24 bits per heavy atom. The first-order chi connectivity index (χ1) is 16.0. The average molecular weight is 477 g/mol. The highest BCUT2D eigenvalue weighted by Crippen LogP contribution is 2.51. The smallest absolute Gasteiger partial charge is 0.303 e. The van der Waals surface area contributed by atoms with Gasteiger partial charge in [-0.1, -0.05) is 31.6 Å². The molecule has 3 rings (SSSR count). The van der Waals surface area contributed by atoms with E-state index in [9.17, 15) is 20.1 Å². The molecule has 7 atom stereocenters. The number of hydrogen-bond donors (Lipinski definition) is 3. The molecule has 0 bridgehead atoms. The Morgan fingerprint density at radius 2 is 1.94 bits per heavy atom. The van der Waals surface area contributed by atoms with E-state index in [4.69, 9.17) is 14.2 Å². The van der Waals surface area contributed by atoms with Gasteiger partial charge in [0.25, 0.3) is 0 Å². The number of ether oxygens (including phenoxy) is 3. The molecule has 0 amide bonds. The van der Waals surface area contributed by atoms with Gasteiger partial charge in [0.2, 0.25) is 6.29 Å². The molecule has 7 heteroatoms. The van der Waals surface area contributed by atoms with E-state index < -0.39 is 30.6 Å². The van der Waals surface area contributed by atoms with Gasteiger partial charge in [0.15, 0.2) is 17.6 Å². The predicted octanol–water partition coefficient (Wildman–Crippen LogP) is 4.45. The second-order valence-corrected chi connectivity index (χ2v) is 10.2. The molecule has 1 fully saturated rings. The molecule has 7 nitrogen and oxygen atoms in total. The Balaban J connectivity index is 1.89. The number of carbonyl (C=O) groups excluding carboxylic acids is 1. The molecule has 190 valence electrons. The third-order valence-electron chi connectivity index (χ3n) is 7.17. The van der Waals surface area contributed by atoms with Crippen LogP contribution in [0.2, 0.25) is 0 Å². The highest BCUT2D eigenvalue weighted by Gasteiger charge is 2.43. The first kappa shape index (κ1) is 26.5. The minimum Gasteiger partial charge on any atom is -0.504 e. The van der Waals surface area contributed by atoms with Gasteiger partial charge in [-0.3, -0.25) is 4.79 Å². The van der Waals surface area contributed by atoms with E-state index >= 15 is 0 Å². The van der Waals surface area contributed by atoms with Crippen LogP contribution < -0.4 is 4.74 Å². The Hall–Kier alpha value is -2.09. The number of esters is 1. The van der Waals surface area contributed by atoms with Crippen LogP contribution in [0.25, 0.3) is 0 Å². The molecule has 1 aromatic carbocycles. The monoisotopic (exact) mass is 476 g/mol. The van der Waals surface area contributed by atoms with Crippen LogP contribution in [-0.2, 0) is 14.3 Å². The number of allylic oxidation sites excluding steroid dienone is 2. The molecule has 1 aliphatic heterocycles. The first-order valence-corrected chi connectivity index (χ1v) is 12.3. The fourth-order valence-corrected chi connectivity index (χ4v) is 5.21. The van der Waals surface area contributed by atoms with Crippen LogP contribution in [0.15, 0.2) is 17.7 Å². The fraction of sp³-hybridized carbons (Fsp3) is 0.667. The Labute approximate surface area is 202 Å². The van der Waals surface area contributed by atoms with Gasteiger partial charge in [0.1, 0.15) is 12.2 Å². The second-order valence-electron chi connectivity index (χ2n) is 10.2.